The average Bonchev–Trinajstić information content (AvgIpc) is 2.67. The number of hydrogen-bond acceptors (Lipinski definition) is 4. The molecule has 1 heterocycles. The van der Waals surface area contributed by atoms with Crippen LogP contribution in [0, 0.1) is 0 Å². The number of carbonyl (C=O) groups excluding carboxylic acids is 1. The van der Waals surface area contributed by atoms with Crippen molar-refractivity contribution in [2.24, 2.45) is 0 Å². The van der Waals surface area contributed by atoms with Crippen molar-refractivity contribution >= 4 is 22.6 Å². The molecule has 0 aliphatic heterocycles. The number of anilines is 1. The summed E-state index contributed by atoms with van der Waals surface area (Å²) in [6, 6.07) is 5.29. The summed E-state index contributed by atoms with van der Waals surface area (Å²) in [5.41, 5.74) is 7.79. The Morgan fingerprint density at radius 3 is 2.95 bits per heavy atom. The predicted molar refractivity (Wildman–Crippen MR) is 73.5 cm³/mol. The number of aliphatic hydroxyl groups is 1. The summed E-state index contributed by atoms with van der Waals surface area (Å²) >= 11 is 0. The molecule has 4 N–H and O–H groups in total. The lowest BCUT2D eigenvalue weighted by atomic mass is 10.3. The molecule has 6 nitrogen and oxygen atoms in total. The fourth-order valence-corrected chi connectivity index (χ4v) is 2.05. The highest BCUT2D eigenvalue weighted by molar-refractivity contribution is 5.83. The number of fused-ring (bicyclic) bond motifs is 1. The second-order valence-electron chi connectivity index (χ2n) is 4.43. The van der Waals surface area contributed by atoms with E-state index < -0.39 is 6.10 Å². The molecule has 0 radical (unpaired) electrons. The highest BCUT2D eigenvalue weighted by Gasteiger charge is 2.16. The Morgan fingerprint density at radius 1 is 1.58 bits per heavy atom. The van der Waals surface area contributed by atoms with Crippen LogP contribution in [-0.4, -0.2) is 27.1 Å². The Hall–Kier alpha value is -2.08. The molecule has 2 aromatic rings. The number of nitrogens with two attached hydrogens (primary N) is 1. The molecule has 0 spiro atoms. The smallest absolute Gasteiger partial charge is 0.239 e. The third kappa shape index (κ3) is 2.68. The van der Waals surface area contributed by atoms with Gasteiger partial charge in [-0.1, -0.05) is 0 Å². The molecular weight excluding hydrogens is 244 g/mol. The van der Waals surface area contributed by atoms with Crippen LogP contribution in [0.3, 0.4) is 0 Å². The van der Waals surface area contributed by atoms with E-state index in [-0.39, 0.29) is 12.5 Å². The number of benzene rings is 1. The summed E-state index contributed by atoms with van der Waals surface area (Å²) < 4.78 is 1.71. The number of hydrogen-bond donors (Lipinski definition) is 3. The van der Waals surface area contributed by atoms with E-state index in [9.17, 15) is 9.90 Å². The van der Waals surface area contributed by atoms with Gasteiger partial charge in [0.25, 0.3) is 0 Å². The van der Waals surface area contributed by atoms with Crippen LogP contribution in [0.1, 0.15) is 25.8 Å². The second kappa shape index (κ2) is 5.27. The van der Waals surface area contributed by atoms with E-state index in [1.165, 1.54) is 0 Å². The number of aromatic nitrogens is 2. The molecule has 0 fully saturated rings. The fourth-order valence-electron chi connectivity index (χ4n) is 2.05. The van der Waals surface area contributed by atoms with Crippen molar-refractivity contribution < 1.29 is 9.90 Å². The van der Waals surface area contributed by atoms with Crippen LogP contribution < -0.4 is 11.1 Å². The van der Waals surface area contributed by atoms with E-state index >= 15 is 0 Å². The van der Waals surface area contributed by atoms with Crippen molar-refractivity contribution in [3.8, 4) is 0 Å². The topological polar surface area (TPSA) is 93.2 Å². The summed E-state index contributed by atoms with van der Waals surface area (Å²) in [6.45, 7) is 4.19. The number of carbonyl (C=O) groups is 1. The maximum atomic E-state index is 11.7. The lowest BCUT2D eigenvalue weighted by Crippen LogP contribution is -2.28. The second-order valence-corrected chi connectivity index (χ2v) is 4.43. The van der Waals surface area contributed by atoms with Crippen LogP contribution in [0.2, 0.25) is 0 Å². The molecule has 1 atom stereocenters. The van der Waals surface area contributed by atoms with Gasteiger partial charge in [0.05, 0.1) is 11.0 Å². The van der Waals surface area contributed by atoms with E-state index in [0.29, 0.717) is 23.6 Å². The van der Waals surface area contributed by atoms with Crippen molar-refractivity contribution in [3.05, 3.63) is 24.0 Å². The molecule has 1 amide bonds. The van der Waals surface area contributed by atoms with Gasteiger partial charge in [-0.15, -0.1) is 0 Å². The van der Waals surface area contributed by atoms with Crippen LogP contribution in [0.5, 0.6) is 0 Å². The highest BCUT2D eigenvalue weighted by atomic mass is 16.3. The monoisotopic (exact) mass is 262 g/mol. The first-order valence-corrected chi connectivity index (χ1v) is 6.23. The van der Waals surface area contributed by atoms with Gasteiger partial charge in [0.15, 0.2) is 0 Å². The van der Waals surface area contributed by atoms with Gasteiger partial charge < -0.3 is 20.7 Å². The van der Waals surface area contributed by atoms with E-state index in [2.05, 4.69) is 10.3 Å². The van der Waals surface area contributed by atoms with E-state index in [1.54, 1.807) is 23.6 Å². The van der Waals surface area contributed by atoms with Gasteiger partial charge in [-0.05, 0) is 32.0 Å². The van der Waals surface area contributed by atoms with Crippen LogP contribution in [-0.2, 0) is 11.3 Å². The third-order valence-corrected chi connectivity index (χ3v) is 2.85. The van der Waals surface area contributed by atoms with Gasteiger partial charge in [-0.2, -0.15) is 0 Å². The predicted octanol–water partition coefficient (Wildman–Crippen LogP) is 0.808. The van der Waals surface area contributed by atoms with Crippen molar-refractivity contribution in [3.63, 3.8) is 0 Å². The van der Waals surface area contributed by atoms with Crippen molar-refractivity contribution in [2.75, 3.05) is 12.3 Å². The number of rotatable bonds is 4. The Morgan fingerprint density at radius 2 is 2.32 bits per heavy atom. The molecule has 0 aliphatic rings. The van der Waals surface area contributed by atoms with Gasteiger partial charge in [-0.3, -0.25) is 4.79 Å². The lowest BCUT2D eigenvalue weighted by molar-refractivity contribution is -0.121. The van der Waals surface area contributed by atoms with Crippen LogP contribution in [0.4, 0.5) is 5.69 Å². The Balaban J connectivity index is 2.49. The summed E-state index contributed by atoms with van der Waals surface area (Å²) in [6.07, 6.45) is -0.747. The molecule has 2 rings (SSSR count). The fraction of sp³-hybridized carbons (Fsp3) is 0.385. The first-order valence-electron chi connectivity index (χ1n) is 6.23. The Labute approximate surface area is 111 Å². The van der Waals surface area contributed by atoms with Crippen molar-refractivity contribution in [1.82, 2.24) is 14.9 Å². The van der Waals surface area contributed by atoms with Gasteiger partial charge in [0.1, 0.15) is 18.5 Å². The van der Waals surface area contributed by atoms with E-state index in [4.69, 9.17) is 5.73 Å². The molecule has 0 aliphatic carbocycles. The molecule has 0 saturated carbocycles. The highest BCUT2D eigenvalue weighted by Crippen LogP contribution is 2.22. The number of nitrogen functional groups attached to an aromatic ring is 1. The maximum absolute atomic E-state index is 11.7. The summed E-state index contributed by atoms with van der Waals surface area (Å²) in [4.78, 5) is 16.1. The lowest BCUT2D eigenvalue weighted by Gasteiger charge is -2.10. The Kier molecular flexibility index (Phi) is 3.71. The number of amides is 1. The summed E-state index contributed by atoms with van der Waals surface area (Å²) in [7, 11) is 0. The number of aliphatic hydroxyl groups excluding tert-OH is 1. The molecule has 0 bridgehead atoms. The summed E-state index contributed by atoms with van der Waals surface area (Å²) in [5, 5.41) is 12.5. The zero-order chi connectivity index (χ0) is 14.0. The van der Waals surface area contributed by atoms with Crippen LogP contribution >= 0.6 is 0 Å². The molecule has 1 aromatic heterocycles. The maximum Gasteiger partial charge on any atom is 0.239 e. The number of nitrogens with zero attached hydrogens (tertiary/aromatic N) is 2. The standard InChI is InChI=1S/C13H18N4O2/c1-3-15-12(19)7-17-11-5-4-9(14)6-10(11)16-13(17)8(2)18/h4-6,8,18H,3,7,14H2,1-2H3,(H,15,19). The van der Waals surface area contributed by atoms with E-state index in [1.807, 2.05) is 13.0 Å². The molecule has 19 heavy (non-hydrogen) atoms. The number of imidazole rings is 1. The summed E-state index contributed by atoms with van der Waals surface area (Å²) in [5.74, 6) is 0.354. The quantitative estimate of drug-likeness (QED) is 0.711. The normalized spacial score (nSPS) is 12.6. The van der Waals surface area contributed by atoms with Crippen molar-refractivity contribution in [1.29, 1.82) is 0 Å². The first-order chi connectivity index (χ1) is 9.02. The van der Waals surface area contributed by atoms with Crippen molar-refractivity contribution in [2.45, 2.75) is 26.5 Å². The zero-order valence-electron chi connectivity index (χ0n) is 11.1. The Bertz CT molecular complexity index is 604. The van der Waals surface area contributed by atoms with Gasteiger partial charge in [0, 0.05) is 12.2 Å². The minimum absolute atomic E-state index is 0.111. The number of likely N-dealkylation sites (N-methyl/N-ethyl adjacent to an activating group) is 1. The first kappa shape index (κ1) is 13.4. The molecule has 102 valence electrons. The minimum atomic E-state index is -0.747. The zero-order valence-corrected chi connectivity index (χ0v) is 11.1. The average molecular weight is 262 g/mol. The number of nitrogens with one attached hydrogen (secondary N) is 1. The third-order valence-electron chi connectivity index (χ3n) is 2.85. The van der Waals surface area contributed by atoms with Crippen LogP contribution in [0.25, 0.3) is 11.0 Å². The van der Waals surface area contributed by atoms with E-state index in [0.717, 1.165) is 5.52 Å². The largest absolute Gasteiger partial charge is 0.399 e. The molecule has 1 aromatic carbocycles. The molecule has 1 unspecified atom stereocenters. The SMILES string of the molecule is CCNC(=O)Cn1c(C(C)O)nc2cc(N)ccc21. The van der Waals surface area contributed by atoms with Crippen LogP contribution in [0.15, 0.2) is 18.2 Å². The van der Waals surface area contributed by atoms with Gasteiger partial charge >= 0.3 is 0 Å². The molecular formula is C13H18N4O2. The van der Waals surface area contributed by atoms with Gasteiger partial charge in [-0.25, -0.2) is 4.98 Å². The minimum Gasteiger partial charge on any atom is -0.399 e. The van der Waals surface area contributed by atoms with Gasteiger partial charge in [0.2, 0.25) is 5.91 Å². The molecule has 6 heteroatoms. The molecule has 0 saturated heterocycles.